The summed E-state index contributed by atoms with van der Waals surface area (Å²) in [6.45, 7) is 1.50. The molecular formula is C21H19ClN2O2. The summed E-state index contributed by atoms with van der Waals surface area (Å²) in [6, 6.07) is 12.8. The van der Waals surface area contributed by atoms with E-state index >= 15 is 0 Å². The molecular weight excluding hydrogens is 348 g/mol. The zero-order chi connectivity index (χ0) is 18.4. The van der Waals surface area contributed by atoms with Crippen LogP contribution in [0.3, 0.4) is 0 Å². The fourth-order valence-corrected chi connectivity index (χ4v) is 3.89. The van der Waals surface area contributed by atoms with Crippen molar-refractivity contribution < 1.29 is 4.79 Å². The summed E-state index contributed by atoms with van der Waals surface area (Å²) in [4.78, 5) is 28.4. The molecule has 0 atom stereocenters. The minimum atomic E-state index is -0.119. The zero-order valence-corrected chi connectivity index (χ0v) is 15.5. The first-order chi connectivity index (χ1) is 12.5. The Morgan fingerprint density at radius 3 is 2.54 bits per heavy atom. The number of aromatic nitrogens is 1. The molecule has 4 rings (SSSR count). The minimum Gasteiger partial charge on any atom is -0.309 e. The van der Waals surface area contributed by atoms with Crippen molar-refractivity contribution in [2.24, 2.45) is 0 Å². The molecule has 1 aliphatic rings. The molecule has 0 N–H and O–H groups in total. The number of rotatable bonds is 4. The molecule has 1 heterocycles. The van der Waals surface area contributed by atoms with Crippen molar-refractivity contribution in [1.29, 1.82) is 0 Å². The first-order valence-electron chi connectivity index (χ1n) is 8.64. The SMILES string of the molecule is CN(C)CCCn1c(=O)c2c(c3ccccc31)C(=O)c1cc(Cl)ccc1-2. The van der Waals surface area contributed by atoms with Gasteiger partial charge in [-0.15, -0.1) is 0 Å². The molecule has 0 amide bonds. The Labute approximate surface area is 156 Å². The van der Waals surface area contributed by atoms with E-state index in [-0.39, 0.29) is 11.3 Å². The lowest BCUT2D eigenvalue weighted by Crippen LogP contribution is -2.25. The van der Waals surface area contributed by atoms with E-state index in [0.717, 1.165) is 23.9 Å². The topological polar surface area (TPSA) is 42.3 Å². The predicted molar refractivity (Wildman–Crippen MR) is 105 cm³/mol. The Morgan fingerprint density at radius 2 is 1.77 bits per heavy atom. The van der Waals surface area contributed by atoms with Gasteiger partial charge in [0.1, 0.15) is 0 Å². The van der Waals surface area contributed by atoms with E-state index in [9.17, 15) is 9.59 Å². The zero-order valence-electron chi connectivity index (χ0n) is 14.8. The van der Waals surface area contributed by atoms with Crippen LogP contribution in [0.5, 0.6) is 0 Å². The fraction of sp³-hybridized carbons (Fsp3) is 0.238. The lowest BCUT2D eigenvalue weighted by Gasteiger charge is -2.15. The van der Waals surface area contributed by atoms with Gasteiger partial charge < -0.3 is 9.47 Å². The van der Waals surface area contributed by atoms with Crippen LogP contribution in [0, 0.1) is 0 Å². The predicted octanol–water partition coefficient (Wildman–Crippen LogP) is 3.82. The number of hydrogen-bond donors (Lipinski definition) is 0. The van der Waals surface area contributed by atoms with Crippen molar-refractivity contribution in [3.05, 3.63) is 69.0 Å². The first kappa shape index (κ1) is 17.0. The second kappa shape index (κ2) is 6.38. The molecule has 3 aromatic rings. The number of ketones is 1. The Morgan fingerprint density at radius 1 is 1.00 bits per heavy atom. The normalized spacial score (nSPS) is 12.7. The van der Waals surface area contributed by atoms with Crippen LogP contribution in [-0.2, 0) is 6.54 Å². The van der Waals surface area contributed by atoms with Gasteiger partial charge in [-0.2, -0.15) is 0 Å². The smallest absolute Gasteiger partial charge is 0.259 e. The van der Waals surface area contributed by atoms with Crippen molar-refractivity contribution >= 4 is 28.3 Å². The van der Waals surface area contributed by atoms with Crippen LogP contribution < -0.4 is 5.56 Å². The molecule has 0 unspecified atom stereocenters. The van der Waals surface area contributed by atoms with Gasteiger partial charge in [-0.25, -0.2) is 0 Å². The Hall–Kier alpha value is -2.43. The van der Waals surface area contributed by atoms with Crippen LogP contribution in [0.2, 0.25) is 5.02 Å². The van der Waals surface area contributed by atoms with Crippen LogP contribution in [-0.4, -0.2) is 35.9 Å². The number of pyridine rings is 1. The summed E-state index contributed by atoms with van der Waals surface area (Å²) in [6.07, 6.45) is 0.858. The van der Waals surface area contributed by atoms with E-state index < -0.39 is 0 Å². The van der Waals surface area contributed by atoms with Crippen LogP contribution in [0.15, 0.2) is 47.3 Å². The summed E-state index contributed by atoms with van der Waals surface area (Å²) in [5, 5.41) is 1.32. The van der Waals surface area contributed by atoms with Gasteiger partial charge in [0.15, 0.2) is 5.78 Å². The van der Waals surface area contributed by atoms with Gasteiger partial charge in [0.2, 0.25) is 0 Å². The average Bonchev–Trinajstić information content (AvgIpc) is 2.90. The monoisotopic (exact) mass is 366 g/mol. The summed E-state index contributed by atoms with van der Waals surface area (Å²) < 4.78 is 1.80. The van der Waals surface area contributed by atoms with Crippen molar-refractivity contribution in [2.75, 3.05) is 20.6 Å². The number of benzene rings is 2. The highest BCUT2D eigenvalue weighted by Gasteiger charge is 2.32. The molecule has 0 fully saturated rings. The number of halogens is 1. The number of hydrogen-bond acceptors (Lipinski definition) is 3. The fourth-order valence-electron chi connectivity index (χ4n) is 3.72. The average molecular weight is 367 g/mol. The molecule has 1 aromatic heterocycles. The maximum atomic E-state index is 13.3. The first-order valence-corrected chi connectivity index (χ1v) is 9.01. The maximum absolute atomic E-state index is 13.3. The maximum Gasteiger partial charge on any atom is 0.259 e. The van der Waals surface area contributed by atoms with Gasteiger partial charge in [0.25, 0.3) is 5.56 Å². The van der Waals surface area contributed by atoms with E-state index in [4.69, 9.17) is 11.6 Å². The van der Waals surface area contributed by atoms with Gasteiger partial charge in [0, 0.05) is 28.1 Å². The number of para-hydroxylation sites is 1. The van der Waals surface area contributed by atoms with E-state index in [1.165, 1.54) is 0 Å². The van der Waals surface area contributed by atoms with Gasteiger partial charge >= 0.3 is 0 Å². The summed E-state index contributed by atoms with van der Waals surface area (Å²) in [5.74, 6) is -0.119. The highest BCUT2D eigenvalue weighted by atomic mass is 35.5. The van der Waals surface area contributed by atoms with Crippen LogP contribution >= 0.6 is 11.6 Å². The molecule has 26 heavy (non-hydrogen) atoms. The lowest BCUT2D eigenvalue weighted by atomic mass is 10.0. The molecule has 1 aliphatic carbocycles. The molecule has 0 radical (unpaired) electrons. The van der Waals surface area contributed by atoms with Crippen molar-refractivity contribution in [3.63, 3.8) is 0 Å². The van der Waals surface area contributed by atoms with Gasteiger partial charge in [0.05, 0.1) is 11.1 Å². The number of nitrogens with zero attached hydrogens (tertiary/aromatic N) is 2. The van der Waals surface area contributed by atoms with E-state index in [0.29, 0.717) is 33.8 Å². The lowest BCUT2D eigenvalue weighted by molar-refractivity contribution is 0.104. The van der Waals surface area contributed by atoms with Crippen LogP contribution in [0.1, 0.15) is 22.3 Å². The molecule has 0 spiro atoms. The highest BCUT2D eigenvalue weighted by molar-refractivity contribution is 6.33. The quantitative estimate of drug-likeness (QED) is 0.551. The summed E-state index contributed by atoms with van der Waals surface area (Å²) in [5.41, 5.74) is 2.92. The van der Waals surface area contributed by atoms with Crippen LogP contribution in [0.4, 0.5) is 0 Å². The third-order valence-electron chi connectivity index (χ3n) is 4.88. The second-order valence-electron chi connectivity index (χ2n) is 6.90. The molecule has 0 aliphatic heterocycles. The summed E-state index contributed by atoms with van der Waals surface area (Å²) in [7, 11) is 4.03. The Balaban J connectivity index is 1.99. The minimum absolute atomic E-state index is 0.105. The van der Waals surface area contributed by atoms with Gasteiger partial charge in [-0.1, -0.05) is 35.9 Å². The van der Waals surface area contributed by atoms with Gasteiger partial charge in [-0.3, -0.25) is 9.59 Å². The van der Waals surface area contributed by atoms with E-state index in [1.54, 1.807) is 22.8 Å². The largest absolute Gasteiger partial charge is 0.309 e. The Bertz CT molecular complexity index is 1100. The molecule has 5 heteroatoms. The number of carbonyl (C=O) groups is 1. The molecule has 132 valence electrons. The van der Waals surface area contributed by atoms with E-state index in [1.807, 2.05) is 38.4 Å². The van der Waals surface area contributed by atoms with Crippen molar-refractivity contribution in [3.8, 4) is 11.1 Å². The molecule has 0 saturated carbocycles. The van der Waals surface area contributed by atoms with Crippen molar-refractivity contribution in [2.45, 2.75) is 13.0 Å². The van der Waals surface area contributed by atoms with Crippen molar-refractivity contribution in [1.82, 2.24) is 9.47 Å². The summed E-state index contributed by atoms with van der Waals surface area (Å²) >= 11 is 6.08. The number of aryl methyl sites for hydroxylation is 1. The van der Waals surface area contributed by atoms with E-state index in [2.05, 4.69) is 4.90 Å². The second-order valence-corrected chi connectivity index (χ2v) is 7.34. The highest BCUT2D eigenvalue weighted by Crippen LogP contribution is 2.39. The standard InChI is InChI=1S/C21H19ClN2O2/c1-23(2)10-5-11-24-17-7-4-3-6-15(17)18-19(21(24)26)14-9-8-13(22)12-16(14)20(18)25/h3-4,6-9,12H,5,10-11H2,1-2H3. The molecule has 0 saturated heterocycles. The number of fused-ring (bicyclic) bond motifs is 5. The number of carbonyl (C=O) groups excluding carboxylic acids is 1. The molecule has 2 aromatic carbocycles. The van der Waals surface area contributed by atoms with Crippen LogP contribution in [0.25, 0.3) is 22.0 Å². The van der Waals surface area contributed by atoms with Gasteiger partial charge in [-0.05, 0) is 50.8 Å². The third-order valence-corrected chi connectivity index (χ3v) is 5.12. The molecule has 0 bridgehead atoms. The molecule has 4 nitrogen and oxygen atoms in total. The Kier molecular flexibility index (Phi) is 4.17. The third kappa shape index (κ3) is 2.57.